The summed E-state index contributed by atoms with van der Waals surface area (Å²) in [5.41, 5.74) is 0.341. The number of esters is 1. The lowest BCUT2D eigenvalue weighted by atomic mass is 10.2. The smallest absolute Gasteiger partial charge is 0.427 e. The van der Waals surface area contributed by atoms with Crippen LogP contribution in [0.15, 0.2) is 6.07 Å². The Morgan fingerprint density at radius 2 is 2.37 bits per heavy atom. The van der Waals surface area contributed by atoms with Crippen LogP contribution in [0.3, 0.4) is 0 Å². The highest BCUT2D eigenvalue weighted by Crippen LogP contribution is 2.33. The van der Waals surface area contributed by atoms with Crippen molar-refractivity contribution in [2.45, 2.75) is 31.6 Å². The van der Waals surface area contributed by atoms with Crippen LogP contribution >= 0.6 is 11.5 Å². The lowest BCUT2D eigenvalue weighted by molar-refractivity contribution is -0.146. The Morgan fingerprint density at radius 1 is 1.63 bits per heavy atom. The van der Waals surface area contributed by atoms with Crippen molar-refractivity contribution in [1.82, 2.24) is 9.27 Å². The predicted molar refractivity (Wildman–Crippen MR) is 62.6 cm³/mol. The van der Waals surface area contributed by atoms with E-state index in [0.29, 0.717) is 30.2 Å². The van der Waals surface area contributed by atoms with Crippen molar-refractivity contribution in [3.8, 4) is 0 Å². The van der Waals surface area contributed by atoms with Crippen molar-refractivity contribution in [1.29, 1.82) is 0 Å². The Hall–Kier alpha value is -1.15. The van der Waals surface area contributed by atoms with Gasteiger partial charge in [-0.2, -0.15) is 17.5 Å². The van der Waals surface area contributed by atoms with Crippen LogP contribution in [0, 0.1) is 0 Å². The second kappa shape index (κ2) is 5.46. The Kier molecular flexibility index (Phi) is 4.10. The number of halogens is 3. The van der Waals surface area contributed by atoms with Crippen LogP contribution in [0.5, 0.6) is 0 Å². The number of nitrogens with zero attached hydrogens (tertiary/aromatic N) is 2. The number of alkyl halides is 3. The first-order chi connectivity index (χ1) is 8.91. The van der Waals surface area contributed by atoms with Crippen LogP contribution < -0.4 is 0 Å². The van der Waals surface area contributed by atoms with E-state index in [9.17, 15) is 18.0 Å². The molecule has 19 heavy (non-hydrogen) atoms. The van der Waals surface area contributed by atoms with E-state index in [1.54, 1.807) is 4.90 Å². The van der Waals surface area contributed by atoms with Crippen molar-refractivity contribution in [2.75, 3.05) is 13.7 Å². The van der Waals surface area contributed by atoms with Crippen LogP contribution in [0.4, 0.5) is 13.2 Å². The molecular formula is C11H13F3N2O2S. The second-order valence-electron chi connectivity index (χ2n) is 4.33. The fourth-order valence-corrected chi connectivity index (χ4v) is 2.76. The molecule has 0 N–H and O–H groups in total. The van der Waals surface area contributed by atoms with Crippen LogP contribution in [0.1, 0.15) is 23.4 Å². The van der Waals surface area contributed by atoms with Gasteiger partial charge in [0, 0.05) is 6.54 Å². The number of carbonyl (C=O) groups excluding carboxylic acids is 1. The lowest BCUT2D eigenvalue weighted by Gasteiger charge is -2.20. The zero-order chi connectivity index (χ0) is 14.0. The van der Waals surface area contributed by atoms with E-state index < -0.39 is 11.1 Å². The van der Waals surface area contributed by atoms with Crippen molar-refractivity contribution < 1.29 is 22.7 Å². The first kappa shape index (κ1) is 14.3. The van der Waals surface area contributed by atoms with Gasteiger partial charge in [-0.3, -0.25) is 9.69 Å². The number of rotatable bonds is 3. The molecule has 1 atom stereocenters. The molecule has 0 saturated carbocycles. The maximum Gasteiger partial charge on any atom is 0.427 e. The van der Waals surface area contributed by atoms with E-state index >= 15 is 0 Å². The lowest BCUT2D eigenvalue weighted by Crippen LogP contribution is -2.36. The first-order valence-electron chi connectivity index (χ1n) is 5.76. The Bertz CT molecular complexity index is 461. The van der Waals surface area contributed by atoms with Crippen molar-refractivity contribution >= 4 is 17.5 Å². The molecule has 4 nitrogen and oxygen atoms in total. The zero-order valence-corrected chi connectivity index (χ0v) is 11.1. The number of carbonyl (C=O) groups is 1. The van der Waals surface area contributed by atoms with Gasteiger partial charge in [-0.25, -0.2) is 0 Å². The second-order valence-corrected chi connectivity index (χ2v) is 5.14. The Morgan fingerprint density at radius 3 is 2.95 bits per heavy atom. The number of hydrogen-bond acceptors (Lipinski definition) is 5. The SMILES string of the molecule is COC(=O)[C@@H]1CCCN1Cc1cc(C(F)(F)F)sn1. The van der Waals surface area contributed by atoms with E-state index in [2.05, 4.69) is 9.11 Å². The van der Waals surface area contributed by atoms with Crippen molar-refractivity contribution in [2.24, 2.45) is 0 Å². The number of methoxy groups -OCH3 is 1. The molecular weight excluding hydrogens is 281 g/mol. The molecule has 2 rings (SSSR count). The quantitative estimate of drug-likeness (QED) is 0.802. The molecule has 106 valence electrons. The summed E-state index contributed by atoms with van der Waals surface area (Å²) in [6.07, 6.45) is -2.86. The summed E-state index contributed by atoms with van der Waals surface area (Å²) in [5.74, 6) is -0.344. The van der Waals surface area contributed by atoms with Gasteiger partial charge in [0.1, 0.15) is 10.9 Å². The van der Waals surface area contributed by atoms with Gasteiger partial charge in [-0.15, -0.1) is 0 Å². The highest BCUT2D eigenvalue weighted by molar-refractivity contribution is 7.05. The molecule has 1 fully saturated rings. The average molecular weight is 294 g/mol. The number of likely N-dealkylation sites (tertiary alicyclic amines) is 1. The molecule has 0 amide bonds. The van der Waals surface area contributed by atoms with Gasteiger partial charge in [-0.1, -0.05) is 0 Å². The molecule has 0 aromatic carbocycles. The minimum absolute atomic E-state index is 0.242. The monoisotopic (exact) mass is 294 g/mol. The molecule has 1 saturated heterocycles. The molecule has 0 unspecified atom stereocenters. The van der Waals surface area contributed by atoms with E-state index in [-0.39, 0.29) is 18.6 Å². The van der Waals surface area contributed by atoms with Crippen LogP contribution in [-0.2, 0) is 22.3 Å². The van der Waals surface area contributed by atoms with E-state index in [4.69, 9.17) is 0 Å². The topological polar surface area (TPSA) is 42.4 Å². The third-order valence-electron chi connectivity index (χ3n) is 3.04. The minimum atomic E-state index is -4.36. The fraction of sp³-hybridized carbons (Fsp3) is 0.636. The van der Waals surface area contributed by atoms with Gasteiger partial charge in [0.15, 0.2) is 0 Å². The molecule has 2 heterocycles. The fourth-order valence-electron chi connectivity index (χ4n) is 2.15. The van der Waals surface area contributed by atoms with E-state index in [1.165, 1.54) is 7.11 Å². The van der Waals surface area contributed by atoms with Gasteiger partial charge >= 0.3 is 12.1 Å². The molecule has 0 bridgehead atoms. The molecule has 8 heteroatoms. The third kappa shape index (κ3) is 3.24. The van der Waals surface area contributed by atoms with Crippen LogP contribution in [-0.4, -0.2) is 34.9 Å². The standard InChI is InChI=1S/C11H13F3N2O2S/c1-18-10(17)8-3-2-4-16(8)6-7-5-9(19-15-7)11(12,13)14/h5,8H,2-4,6H2,1H3/t8-/m0/s1. The highest BCUT2D eigenvalue weighted by atomic mass is 32.1. The first-order valence-corrected chi connectivity index (χ1v) is 6.54. The molecule has 0 radical (unpaired) electrons. The summed E-state index contributed by atoms with van der Waals surface area (Å²) < 4.78 is 45.8. The largest absolute Gasteiger partial charge is 0.468 e. The number of hydrogen-bond donors (Lipinski definition) is 0. The molecule has 1 aliphatic rings. The van der Waals surface area contributed by atoms with E-state index in [0.717, 1.165) is 12.5 Å². The van der Waals surface area contributed by atoms with Gasteiger partial charge in [0.05, 0.1) is 12.8 Å². The van der Waals surface area contributed by atoms with Crippen molar-refractivity contribution in [3.63, 3.8) is 0 Å². The predicted octanol–water partition coefficient (Wildman–Crippen LogP) is 2.30. The summed E-state index contributed by atoms with van der Waals surface area (Å²) in [6, 6.07) is 0.665. The summed E-state index contributed by atoms with van der Waals surface area (Å²) in [7, 11) is 1.31. The normalized spacial score (nSPS) is 20.7. The molecule has 1 aromatic rings. The maximum absolute atomic E-state index is 12.5. The summed E-state index contributed by atoms with van der Waals surface area (Å²) in [6.45, 7) is 0.908. The van der Waals surface area contributed by atoms with Gasteiger partial charge < -0.3 is 4.74 Å². The number of ether oxygens (including phenoxy) is 1. The zero-order valence-electron chi connectivity index (χ0n) is 10.2. The third-order valence-corrected chi connectivity index (χ3v) is 3.91. The van der Waals surface area contributed by atoms with Crippen LogP contribution in [0.2, 0.25) is 0 Å². The van der Waals surface area contributed by atoms with Crippen molar-refractivity contribution in [3.05, 3.63) is 16.6 Å². The molecule has 1 aliphatic heterocycles. The Labute approximate surface area is 112 Å². The van der Waals surface area contributed by atoms with Gasteiger partial charge in [-0.05, 0) is 37.0 Å². The minimum Gasteiger partial charge on any atom is -0.468 e. The van der Waals surface area contributed by atoms with Gasteiger partial charge in [0.2, 0.25) is 0 Å². The molecule has 0 spiro atoms. The Balaban J connectivity index is 2.04. The van der Waals surface area contributed by atoms with Crippen LogP contribution in [0.25, 0.3) is 0 Å². The molecule has 0 aliphatic carbocycles. The summed E-state index contributed by atoms with van der Waals surface area (Å²) in [4.78, 5) is 12.6. The average Bonchev–Trinajstić information content (AvgIpc) is 2.97. The maximum atomic E-state index is 12.5. The summed E-state index contributed by atoms with van der Waals surface area (Å²) in [5, 5.41) is 0. The van der Waals surface area contributed by atoms with Gasteiger partial charge in [0.25, 0.3) is 0 Å². The number of aromatic nitrogens is 1. The van der Waals surface area contributed by atoms with E-state index in [1.807, 2.05) is 0 Å². The summed E-state index contributed by atoms with van der Waals surface area (Å²) >= 11 is 0.437. The molecule has 1 aromatic heterocycles. The highest BCUT2D eigenvalue weighted by Gasteiger charge is 2.35.